The summed E-state index contributed by atoms with van der Waals surface area (Å²) in [5, 5.41) is 1.05. The van der Waals surface area contributed by atoms with Crippen LogP contribution in [0.3, 0.4) is 0 Å². The molecule has 0 aliphatic carbocycles. The molecule has 12 heavy (non-hydrogen) atoms. The maximum Gasteiger partial charge on any atom is 0.159 e. The minimum atomic E-state index is 0.773. The van der Waals surface area contributed by atoms with Crippen LogP contribution in [0.5, 0.6) is 0 Å². The van der Waals surface area contributed by atoms with E-state index in [1.165, 1.54) is 0 Å². The molecule has 0 aliphatic heterocycles. The molecule has 2 heterocycles. The summed E-state index contributed by atoms with van der Waals surface area (Å²) in [4.78, 5) is 8.26. The van der Waals surface area contributed by atoms with Crippen LogP contribution < -0.4 is 0 Å². The topological polar surface area (TPSA) is 25.8 Å². The third kappa shape index (κ3) is 0.975. The molecule has 0 saturated carbocycles. The largest absolute Gasteiger partial charge is 0.237 e. The van der Waals surface area contributed by atoms with Gasteiger partial charge in [0.25, 0.3) is 0 Å². The van der Waals surface area contributed by atoms with Gasteiger partial charge in [0.2, 0.25) is 0 Å². The Hall–Kier alpha value is -1.70. The SMILES string of the molecule is C=Cc1ccnc2ncccc12. The second-order valence-electron chi connectivity index (χ2n) is 2.48. The van der Waals surface area contributed by atoms with Crippen LogP contribution in [-0.4, -0.2) is 9.97 Å². The van der Waals surface area contributed by atoms with Gasteiger partial charge in [0, 0.05) is 17.8 Å². The number of aromatic nitrogens is 2. The summed E-state index contributed by atoms with van der Waals surface area (Å²) in [5.74, 6) is 0. The Morgan fingerprint density at radius 1 is 1.17 bits per heavy atom. The Morgan fingerprint density at radius 3 is 2.83 bits per heavy atom. The van der Waals surface area contributed by atoms with Crippen molar-refractivity contribution >= 4 is 17.1 Å². The van der Waals surface area contributed by atoms with Crippen molar-refractivity contribution in [1.82, 2.24) is 9.97 Å². The molecule has 0 unspecified atom stereocenters. The van der Waals surface area contributed by atoms with E-state index in [2.05, 4.69) is 16.5 Å². The lowest BCUT2D eigenvalue weighted by Gasteiger charge is -1.97. The highest BCUT2D eigenvalue weighted by Gasteiger charge is 1.96. The van der Waals surface area contributed by atoms with Crippen molar-refractivity contribution in [2.24, 2.45) is 0 Å². The van der Waals surface area contributed by atoms with E-state index in [1.54, 1.807) is 12.4 Å². The van der Waals surface area contributed by atoms with Crippen LogP contribution in [0.15, 0.2) is 37.2 Å². The third-order valence-electron chi connectivity index (χ3n) is 1.77. The van der Waals surface area contributed by atoms with E-state index in [9.17, 15) is 0 Å². The van der Waals surface area contributed by atoms with Crippen LogP contribution in [0.25, 0.3) is 17.1 Å². The molecule has 2 heteroatoms. The molecule has 0 aromatic carbocycles. The lowest BCUT2D eigenvalue weighted by molar-refractivity contribution is 1.28. The summed E-state index contributed by atoms with van der Waals surface area (Å²) in [7, 11) is 0. The van der Waals surface area contributed by atoms with Crippen molar-refractivity contribution in [2.45, 2.75) is 0 Å². The summed E-state index contributed by atoms with van der Waals surface area (Å²) >= 11 is 0. The fourth-order valence-electron chi connectivity index (χ4n) is 1.18. The highest BCUT2D eigenvalue weighted by Crippen LogP contribution is 2.14. The molecule has 0 saturated heterocycles. The molecular formula is C10H8N2. The molecule has 0 radical (unpaired) electrons. The van der Waals surface area contributed by atoms with Crippen LogP contribution in [-0.2, 0) is 0 Å². The van der Waals surface area contributed by atoms with Crippen LogP contribution in [0.4, 0.5) is 0 Å². The zero-order chi connectivity index (χ0) is 8.39. The summed E-state index contributed by atoms with van der Waals surface area (Å²) in [6.07, 6.45) is 5.29. The van der Waals surface area contributed by atoms with Crippen LogP contribution in [0, 0.1) is 0 Å². The first-order valence-corrected chi connectivity index (χ1v) is 3.74. The first kappa shape index (κ1) is 6.98. The molecule has 0 aliphatic rings. The molecule has 2 aromatic heterocycles. The maximum atomic E-state index is 4.13. The maximum absolute atomic E-state index is 4.13. The molecule has 58 valence electrons. The van der Waals surface area contributed by atoms with E-state index in [0.29, 0.717) is 0 Å². The van der Waals surface area contributed by atoms with E-state index in [0.717, 1.165) is 16.6 Å². The summed E-state index contributed by atoms with van der Waals surface area (Å²) in [5.41, 5.74) is 1.85. The highest BCUT2D eigenvalue weighted by atomic mass is 14.8. The number of pyridine rings is 2. The van der Waals surface area contributed by atoms with Gasteiger partial charge in [-0.05, 0) is 23.8 Å². The van der Waals surface area contributed by atoms with Crippen molar-refractivity contribution in [1.29, 1.82) is 0 Å². The lowest BCUT2D eigenvalue weighted by Crippen LogP contribution is -1.84. The number of hydrogen-bond acceptors (Lipinski definition) is 2. The van der Waals surface area contributed by atoms with Gasteiger partial charge in [-0.2, -0.15) is 0 Å². The quantitative estimate of drug-likeness (QED) is 0.633. The Bertz CT molecular complexity index is 416. The van der Waals surface area contributed by atoms with Gasteiger partial charge in [0.1, 0.15) is 0 Å². The predicted molar refractivity (Wildman–Crippen MR) is 49.6 cm³/mol. The van der Waals surface area contributed by atoms with Crippen molar-refractivity contribution < 1.29 is 0 Å². The Balaban J connectivity index is 2.88. The standard InChI is InChI=1S/C10H8N2/c1-2-8-5-7-12-10-9(8)4-3-6-11-10/h2-7H,1H2. The average Bonchev–Trinajstić information content (AvgIpc) is 2.17. The Morgan fingerprint density at radius 2 is 2.00 bits per heavy atom. The summed E-state index contributed by atoms with van der Waals surface area (Å²) in [6, 6.07) is 5.82. The van der Waals surface area contributed by atoms with Gasteiger partial charge in [-0.15, -0.1) is 0 Å². The number of hydrogen-bond donors (Lipinski definition) is 0. The first-order valence-electron chi connectivity index (χ1n) is 3.74. The summed E-state index contributed by atoms with van der Waals surface area (Å²) in [6.45, 7) is 3.73. The minimum absolute atomic E-state index is 0.773. The molecule has 0 atom stereocenters. The highest BCUT2D eigenvalue weighted by molar-refractivity contribution is 5.84. The molecule has 0 spiro atoms. The van der Waals surface area contributed by atoms with Crippen LogP contribution in [0.1, 0.15) is 5.56 Å². The lowest BCUT2D eigenvalue weighted by atomic mass is 10.1. The van der Waals surface area contributed by atoms with E-state index in [-0.39, 0.29) is 0 Å². The first-order chi connectivity index (χ1) is 5.92. The average molecular weight is 156 g/mol. The fraction of sp³-hybridized carbons (Fsp3) is 0. The predicted octanol–water partition coefficient (Wildman–Crippen LogP) is 2.27. The molecular weight excluding hydrogens is 148 g/mol. The van der Waals surface area contributed by atoms with Gasteiger partial charge >= 0.3 is 0 Å². The molecule has 0 amide bonds. The number of nitrogens with zero attached hydrogens (tertiary/aromatic N) is 2. The van der Waals surface area contributed by atoms with Gasteiger partial charge < -0.3 is 0 Å². The van der Waals surface area contributed by atoms with E-state index >= 15 is 0 Å². The zero-order valence-electron chi connectivity index (χ0n) is 6.57. The van der Waals surface area contributed by atoms with Crippen molar-refractivity contribution in [3.8, 4) is 0 Å². The van der Waals surface area contributed by atoms with Crippen molar-refractivity contribution in [3.63, 3.8) is 0 Å². The number of fused-ring (bicyclic) bond motifs is 1. The summed E-state index contributed by atoms with van der Waals surface area (Å²) < 4.78 is 0. The van der Waals surface area contributed by atoms with E-state index in [1.807, 2.05) is 24.3 Å². The zero-order valence-corrected chi connectivity index (χ0v) is 6.57. The van der Waals surface area contributed by atoms with E-state index < -0.39 is 0 Å². The molecule has 2 aromatic rings. The third-order valence-corrected chi connectivity index (χ3v) is 1.77. The fourth-order valence-corrected chi connectivity index (χ4v) is 1.18. The molecule has 0 fully saturated rings. The minimum Gasteiger partial charge on any atom is -0.237 e. The molecule has 2 nitrogen and oxygen atoms in total. The second kappa shape index (κ2) is 2.74. The smallest absolute Gasteiger partial charge is 0.159 e. The van der Waals surface area contributed by atoms with Gasteiger partial charge in [-0.25, -0.2) is 9.97 Å². The van der Waals surface area contributed by atoms with Crippen LogP contribution in [0.2, 0.25) is 0 Å². The van der Waals surface area contributed by atoms with Gasteiger partial charge in [0.05, 0.1) is 0 Å². The Labute approximate surface area is 70.6 Å². The molecule has 0 N–H and O–H groups in total. The van der Waals surface area contributed by atoms with Gasteiger partial charge in [-0.3, -0.25) is 0 Å². The van der Waals surface area contributed by atoms with Crippen molar-refractivity contribution in [2.75, 3.05) is 0 Å². The monoisotopic (exact) mass is 156 g/mol. The van der Waals surface area contributed by atoms with Gasteiger partial charge in [-0.1, -0.05) is 12.7 Å². The normalized spacial score (nSPS) is 10.0. The molecule has 0 bridgehead atoms. The Kier molecular flexibility index (Phi) is 1.59. The van der Waals surface area contributed by atoms with Crippen molar-refractivity contribution in [3.05, 3.63) is 42.7 Å². The number of rotatable bonds is 1. The van der Waals surface area contributed by atoms with Crippen LogP contribution >= 0.6 is 0 Å². The van der Waals surface area contributed by atoms with E-state index in [4.69, 9.17) is 0 Å². The molecule has 2 rings (SSSR count). The van der Waals surface area contributed by atoms with Gasteiger partial charge in [0.15, 0.2) is 5.65 Å². The second-order valence-corrected chi connectivity index (χ2v) is 2.48.